The number of nitrogens with two attached hydrogens (primary N) is 1. The first-order chi connectivity index (χ1) is 9.95. The molecule has 2 rings (SSSR count). The average Bonchev–Trinajstić information content (AvgIpc) is 2.41. The smallest absolute Gasteiger partial charge is 0.165 e. The van der Waals surface area contributed by atoms with E-state index < -0.39 is 0 Å². The molecule has 0 aliphatic heterocycles. The molecule has 1 atom stereocenters. The van der Waals surface area contributed by atoms with Crippen molar-refractivity contribution in [2.24, 2.45) is 5.73 Å². The van der Waals surface area contributed by atoms with Crippen molar-refractivity contribution in [3.05, 3.63) is 64.5 Å². The van der Waals surface area contributed by atoms with Crippen LogP contribution in [0.15, 0.2) is 36.4 Å². The largest absolute Gasteiger partial charge is 0.486 e. The molecule has 3 heteroatoms. The molecule has 1 unspecified atom stereocenters. The lowest BCUT2D eigenvalue weighted by atomic mass is 10.1. The van der Waals surface area contributed by atoms with E-state index in [2.05, 4.69) is 26.0 Å². The highest BCUT2D eigenvalue weighted by Gasteiger charge is 2.07. The van der Waals surface area contributed by atoms with Gasteiger partial charge in [0.05, 0.1) is 0 Å². The summed E-state index contributed by atoms with van der Waals surface area (Å²) in [5, 5.41) is 0. The molecular weight excluding hydrogens is 265 g/mol. The van der Waals surface area contributed by atoms with Crippen molar-refractivity contribution >= 4 is 0 Å². The standard InChI is InChI=1S/C18H22FNO/c1-12-4-5-16(8-13(12)2)11-21-18-7-6-15(9-14(3)20)10-17(18)19/h4-8,10,14H,9,11,20H2,1-3H3. The van der Waals surface area contributed by atoms with E-state index in [0.29, 0.717) is 13.0 Å². The molecule has 0 saturated carbocycles. The fourth-order valence-corrected chi connectivity index (χ4v) is 2.21. The van der Waals surface area contributed by atoms with E-state index in [1.54, 1.807) is 6.07 Å². The first-order valence-corrected chi connectivity index (χ1v) is 7.18. The highest BCUT2D eigenvalue weighted by atomic mass is 19.1. The molecule has 0 spiro atoms. The fraction of sp³-hybridized carbons (Fsp3) is 0.333. The highest BCUT2D eigenvalue weighted by Crippen LogP contribution is 2.21. The topological polar surface area (TPSA) is 35.2 Å². The van der Waals surface area contributed by atoms with Crippen molar-refractivity contribution in [3.63, 3.8) is 0 Å². The molecule has 0 radical (unpaired) electrons. The monoisotopic (exact) mass is 287 g/mol. The van der Waals surface area contributed by atoms with Gasteiger partial charge in [-0.1, -0.05) is 24.3 Å². The van der Waals surface area contributed by atoms with Crippen molar-refractivity contribution in [1.82, 2.24) is 0 Å². The van der Waals surface area contributed by atoms with Crippen molar-refractivity contribution in [2.75, 3.05) is 0 Å². The molecule has 2 aromatic carbocycles. The average molecular weight is 287 g/mol. The van der Waals surface area contributed by atoms with Crippen molar-refractivity contribution in [1.29, 1.82) is 0 Å². The van der Waals surface area contributed by atoms with E-state index >= 15 is 0 Å². The third-order valence-electron chi connectivity index (χ3n) is 3.52. The van der Waals surface area contributed by atoms with Crippen LogP contribution in [0.4, 0.5) is 4.39 Å². The van der Waals surface area contributed by atoms with Crippen molar-refractivity contribution in [3.8, 4) is 5.75 Å². The number of aryl methyl sites for hydroxylation is 2. The summed E-state index contributed by atoms with van der Waals surface area (Å²) in [7, 11) is 0. The van der Waals surface area contributed by atoms with Gasteiger partial charge in [-0.05, 0) is 61.6 Å². The molecule has 2 nitrogen and oxygen atoms in total. The van der Waals surface area contributed by atoms with Gasteiger partial charge in [-0.2, -0.15) is 0 Å². The summed E-state index contributed by atoms with van der Waals surface area (Å²) in [6.07, 6.45) is 0.661. The molecular formula is C18H22FNO. The van der Waals surface area contributed by atoms with Crippen LogP contribution in [0.2, 0.25) is 0 Å². The molecule has 0 fully saturated rings. The second-order valence-corrected chi connectivity index (χ2v) is 5.65. The maximum absolute atomic E-state index is 14.0. The predicted octanol–water partition coefficient (Wildman–Crippen LogP) is 3.91. The van der Waals surface area contributed by atoms with Crippen LogP contribution in [-0.4, -0.2) is 6.04 Å². The van der Waals surface area contributed by atoms with Crippen LogP contribution in [0.3, 0.4) is 0 Å². The van der Waals surface area contributed by atoms with Gasteiger partial charge in [0.15, 0.2) is 11.6 Å². The Morgan fingerprint density at radius 1 is 1.05 bits per heavy atom. The van der Waals surface area contributed by atoms with Crippen molar-refractivity contribution < 1.29 is 9.13 Å². The molecule has 0 aromatic heterocycles. The number of benzene rings is 2. The summed E-state index contributed by atoms with van der Waals surface area (Å²) in [5.41, 5.74) is 10.1. The van der Waals surface area contributed by atoms with Gasteiger partial charge in [0, 0.05) is 6.04 Å². The second-order valence-electron chi connectivity index (χ2n) is 5.65. The number of rotatable bonds is 5. The predicted molar refractivity (Wildman–Crippen MR) is 84.0 cm³/mol. The quantitative estimate of drug-likeness (QED) is 0.905. The first kappa shape index (κ1) is 15.5. The zero-order valence-electron chi connectivity index (χ0n) is 12.8. The van der Waals surface area contributed by atoms with E-state index in [1.807, 2.05) is 19.1 Å². The molecule has 0 aliphatic carbocycles. The molecule has 0 aliphatic rings. The van der Waals surface area contributed by atoms with Gasteiger partial charge >= 0.3 is 0 Å². The van der Waals surface area contributed by atoms with Gasteiger partial charge in [0.25, 0.3) is 0 Å². The van der Waals surface area contributed by atoms with Crippen LogP contribution >= 0.6 is 0 Å². The Kier molecular flexibility index (Phi) is 4.97. The minimum atomic E-state index is -0.336. The fourth-order valence-electron chi connectivity index (χ4n) is 2.21. The SMILES string of the molecule is Cc1ccc(COc2ccc(CC(C)N)cc2F)cc1C. The van der Waals surface area contributed by atoms with Crippen LogP contribution in [0.1, 0.15) is 29.2 Å². The lowest BCUT2D eigenvalue weighted by Crippen LogP contribution is -2.17. The normalized spacial score (nSPS) is 12.2. The molecule has 0 bridgehead atoms. The van der Waals surface area contributed by atoms with Gasteiger partial charge in [-0.15, -0.1) is 0 Å². The Morgan fingerprint density at radius 2 is 1.76 bits per heavy atom. The summed E-state index contributed by atoms with van der Waals surface area (Å²) in [5.74, 6) is -0.0568. The maximum atomic E-state index is 14.0. The Labute approximate surface area is 125 Å². The van der Waals surface area contributed by atoms with E-state index in [-0.39, 0.29) is 17.6 Å². The number of ether oxygens (including phenoxy) is 1. The Bertz CT molecular complexity index is 623. The van der Waals surface area contributed by atoms with Crippen LogP contribution < -0.4 is 10.5 Å². The molecule has 2 N–H and O–H groups in total. The zero-order valence-corrected chi connectivity index (χ0v) is 12.8. The van der Waals surface area contributed by atoms with E-state index in [1.165, 1.54) is 17.2 Å². The lowest BCUT2D eigenvalue weighted by molar-refractivity contribution is 0.290. The van der Waals surface area contributed by atoms with Crippen LogP contribution in [0, 0.1) is 19.7 Å². The summed E-state index contributed by atoms with van der Waals surface area (Å²) >= 11 is 0. The second kappa shape index (κ2) is 6.72. The number of halogens is 1. The molecule has 21 heavy (non-hydrogen) atoms. The van der Waals surface area contributed by atoms with Gasteiger partial charge in [-0.25, -0.2) is 4.39 Å². The van der Waals surface area contributed by atoms with Gasteiger partial charge < -0.3 is 10.5 Å². The molecule has 112 valence electrons. The first-order valence-electron chi connectivity index (χ1n) is 7.18. The van der Waals surface area contributed by atoms with Crippen LogP contribution in [0.5, 0.6) is 5.75 Å². The molecule has 0 saturated heterocycles. The minimum absolute atomic E-state index is 0.0201. The Hall–Kier alpha value is -1.87. The molecule has 0 amide bonds. The van der Waals surface area contributed by atoms with Gasteiger partial charge in [0.2, 0.25) is 0 Å². The minimum Gasteiger partial charge on any atom is -0.486 e. The van der Waals surface area contributed by atoms with Gasteiger partial charge in [0.1, 0.15) is 6.61 Å². The maximum Gasteiger partial charge on any atom is 0.165 e. The van der Waals surface area contributed by atoms with Crippen LogP contribution in [0.25, 0.3) is 0 Å². The highest BCUT2D eigenvalue weighted by molar-refractivity contribution is 5.32. The Morgan fingerprint density at radius 3 is 2.38 bits per heavy atom. The summed E-state index contributed by atoms with van der Waals surface area (Å²) in [4.78, 5) is 0. The Balaban J connectivity index is 2.04. The molecule has 2 aromatic rings. The van der Waals surface area contributed by atoms with Crippen molar-refractivity contribution in [2.45, 2.75) is 39.8 Å². The summed E-state index contributed by atoms with van der Waals surface area (Å²) in [6.45, 7) is 6.39. The van der Waals surface area contributed by atoms with E-state index in [0.717, 1.165) is 11.1 Å². The third-order valence-corrected chi connectivity index (χ3v) is 3.52. The van der Waals surface area contributed by atoms with Gasteiger partial charge in [-0.3, -0.25) is 0 Å². The third kappa shape index (κ3) is 4.30. The lowest BCUT2D eigenvalue weighted by Gasteiger charge is -2.11. The number of hydrogen-bond donors (Lipinski definition) is 1. The summed E-state index contributed by atoms with van der Waals surface area (Å²) in [6, 6.07) is 11.2. The summed E-state index contributed by atoms with van der Waals surface area (Å²) < 4.78 is 19.6. The zero-order chi connectivity index (χ0) is 15.4. The van der Waals surface area contributed by atoms with Crippen LogP contribution in [-0.2, 0) is 13.0 Å². The number of hydrogen-bond acceptors (Lipinski definition) is 2. The molecule has 0 heterocycles. The van der Waals surface area contributed by atoms with E-state index in [4.69, 9.17) is 10.5 Å². The van der Waals surface area contributed by atoms with E-state index in [9.17, 15) is 4.39 Å².